The first-order valence-electron chi connectivity index (χ1n) is 5.23. The van der Waals surface area contributed by atoms with E-state index in [1.165, 1.54) is 5.56 Å². The van der Waals surface area contributed by atoms with Crippen LogP contribution in [0.4, 0.5) is 0 Å². The molecule has 0 aliphatic rings. The van der Waals surface area contributed by atoms with Crippen LogP contribution < -0.4 is 5.32 Å². The molecule has 0 bridgehead atoms. The van der Waals surface area contributed by atoms with Gasteiger partial charge in [-0.1, -0.05) is 41.1 Å². The maximum Gasteiger partial charge on any atom is 0.0468 e. The van der Waals surface area contributed by atoms with Gasteiger partial charge in [0.2, 0.25) is 0 Å². The van der Waals surface area contributed by atoms with Crippen molar-refractivity contribution < 1.29 is 5.11 Å². The average Bonchev–Trinajstić information content (AvgIpc) is 2.26. The van der Waals surface area contributed by atoms with E-state index in [-0.39, 0.29) is 6.61 Å². The molecule has 0 radical (unpaired) electrons. The lowest BCUT2D eigenvalue weighted by Gasteiger charge is -2.17. The van der Waals surface area contributed by atoms with Gasteiger partial charge in [-0.05, 0) is 24.5 Å². The molecule has 1 aromatic carbocycles. The zero-order chi connectivity index (χ0) is 11.3. The SMILES string of the molecule is CC(CO)CNC(C)c1ccccc1Br. The van der Waals surface area contributed by atoms with Crippen molar-refractivity contribution >= 4 is 15.9 Å². The molecule has 2 unspecified atom stereocenters. The Morgan fingerprint density at radius 2 is 2.00 bits per heavy atom. The minimum atomic E-state index is 0.232. The predicted molar refractivity (Wildman–Crippen MR) is 66.8 cm³/mol. The molecule has 1 rings (SSSR count). The topological polar surface area (TPSA) is 32.3 Å². The summed E-state index contributed by atoms with van der Waals surface area (Å²) in [5.74, 6) is 0.301. The van der Waals surface area contributed by atoms with E-state index < -0.39 is 0 Å². The summed E-state index contributed by atoms with van der Waals surface area (Å²) in [7, 11) is 0. The molecular weight excluding hydrogens is 254 g/mol. The van der Waals surface area contributed by atoms with Crippen molar-refractivity contribution in [2.24, 2.45) is 5.92 Å². The summed E-state index contributed by atoms with van der Waals surface area (Å²) in [4.78, 5) is 0. The molecule has 0 aromatic heterocycles. The Bertz CT molecular complexity index is 303. The van der Waals surface area contributed by atoms with E-state index in [0.717, 1.165) is 11.0 Å². The van der Waals surface area contributed by atoms with Gasteiger partial charge in [0.15, 0.2) is 0 Å². The van der Waals surface area contributed by atoms with Crippen LogP contribution in [0.3, 0.4) is 0 Å². The highest BCUT2D eigenvalue weighted by molar-refractivity contribution is 9.10. The molecule has 0 aliphatic carbocycles. The summed E-state index contributed by atoms with van der Waals surface area (Å²) in [6, 6.07) is 8.49. The number of rotatable bonds is 5. The first-order valence-corrected chi connectivity index (χ1v) is 6.03. The van der Waals surface area contributed by atoms with Gasteiger partial charge in [0.1, 0.15) is 0 Å². The van der Waals surface area contributed by atoms with Crippen molar-refractivity contribution in [1.29, 1.82) is 0 Å². The van der Waals surface area contributed by atoms with Crippen molar-refractivity contribution in [2.45, 2.75) is 19.9 Å². The van der Waals surface area contributed by atoms with E-state index in [9.17, 15) is 0 Å². The Morgan fingerprint density at radius 3 is 2.60 bits per heavy atom. The van der Waals surface area contributed by atoms with Gasteiger partial charge in [-0.15, -0.1) is 0 Å². The van der Waals surface area contributed by atoms with Gasteiger partial charge < -0.3 is 10.4 Å². The Balaban J connectivity index is 2.54. The molecule has 0 saturated carbocycles. The van der Waals surface area contributed by atoms with Crippen LogP contribution in [0.2, 0.25) is 0 Å². The van der Waals surface area contributed by atoms with Crippen LogP contribution in [0.15, 0.2) is 28.7 Å². The third-order valence-corrected chi connectivity index (χ3v) is 3.18. The van der Waals surface area contributed by atoms with Gasteiger partial charge in [-0.2, -0.15) is 0 Å². The third-order valence-electron chi connectivity index (χ3n) is 2.46. The van der Waals surface area contributed by atoms with Crippen LogP contribution in [0, 0.1) is 5.92 Å². The average molecular weight is 272 g/mol. The van der Waals surface area contributed by atoms with Crippen molar-refractivity contribution in [3.8, 4) is 0 Å². The Labute approximate surface area is 99.8 Å². The molecular formula is C12H18BrNO. The van der Waals surface area contributed by atoms with Crippen LogP contribution in [0.1, 0.15) is 25.5 Å². The maximum absolute atomic E-state index is 8.92. The van der Waals surface area contributed by atoms with Crippen molar-refractivity contribution in [2.75, 3.05) is 13.2 Å². The molecule has 1 aromatic rings. The normalized spacial score (nSPS) is 14.9. The zero-order valence-corrected chi connectivity index (χ0v) is 10.8. The number of aliphatic hydroxyl groups is 1. The van der Waals surface area contributed by atoms with Gasteiger partial charge >= 0.3 is 0 Å². The summed E-state index contributed by atoms with van der Waals surface area (Å²) < 4.78 is 1.13. The lowest BCUT2D eigenvalue weighted by molar-refractivity contribution is 0.231. The highest BCUT2D eigenvalue weighted by Crippen LogP contribution is 2.22. The molecule has 15 heavy (non-hydrogen) atoms. The smallest absolute Gasteiger partial charge is 0.0468 e. The van der Waals surface area contributed by atoms with Gasteiger partial charge in [0.05, 0.1) is 0 Å². The maximum atomic E-state index is 8.92. The number of benzene rings is 1. The van der Waals surface area contributed by atoms with Gasteiger partial charge in [0, 0.05) is 23.7 Å². The Morgan fingerprint density at radius 1 is 1.33 bits per heavy atom. The quantitative estimate of drug-likeness (QED) is 0.863. The lowest BCUT2D eigenvalue weighted by atomic mass is 10.1. The van der Waals surface area contributed by atoms with Crippen molar-refractivity contribution in [3.05, 3.63) is 34.3 Å². The highest BCUT2D eigenvalue weighted by atomic mass is 79.9. The van der Waals surface area contributed by atoms with Crippen LogP contribution in [-0.4, -0.2) is 18.3 Å². The minimum absolute atomic E-state index is 0.232. The predicted octanol–water partition coefficient (Wildman–Crippen LogP) is 2.73. The molecule has 0 aliphatic heterocycles. The number of hydrogen-bond acceptors (Lipinski definition) is 2. The summed E-state index contributed by atoms with van der Waals surface area (Å²) in [6.45, 7) is 5.22. The second-order valence-electron chi connectivity index (χ2n) is 3.94. The van der Waals surface area contributed by atoms with Crippen molar-refractivity contribution in [3.63, 3.8) is 0 Å². The minimum Gasteiger partial charge on any atom is -0.396 e. The molecule has 0 fully saturated rings. The number of hydrogen-bond donors (Lipinski definition) is 2. The van der Waals surface area contributed by atoms with Crippen LogP contribution in [0.5, 0.6) is 0 Å². The Kier molecular flexibility index (Phi) is 5.29. The summed E-state index contributed by atoms with van der Waals surface area (Å²) >= 11 is 3.53. The van der Waals surface area contributed by atoms with E-state index in [0.29, 0.717) is 12.0 Å². The number of halogens is 1. The fourth-order valence-electron chi connectivity index (χ4n) is 1.38. The van der Waals surface area contributed by atoms with E-state index in [1.54, 1.807) is 0 Å². The molecule has 0 saturated heterocycles. The van der Waals surface area contributed by atoms with E-state index in [4.69, 9.17) is 5.11 Å². The summed E-state index contributed by atoms with van der Waals surface area (Å²) in [6.07, 6.45) is 0. The van der Waals surface area contributed by atoms with E-state index in [2.05, 4.69) is 34.2 Å². The molecule has 2 nitrogen and oxygen atoms in total. The molecule has 84 valence electrons. The van der Waals surface area contributed by atoms with Gasteiger partial charge in [-0.3, -0.25) is 0 Å². The third kappa shape index (κ3) is 3.93. The molecule has 2 atom stereocenters. The van der Waals surface area contributed by atoms with E-state index in [1.807, 2.05) is 25.1 Å². The number of aliphatic hydroxyl groups excluding tert-OH is 1. The second-order valence-corrected chi connectivity index (χ2v) is 4.79. The Hall–Kier alpha value is -0.380. The zero-order valence-electron chi connectivity index (χ0n) is 9.20. The fourth-order valence-corrected chi connectivity index (χ4v) is 2.01. The number of nitrogens with one attached hydrogen (secondary N) is 1. The monoisotopic (exact) mass is 271 g/mol. The summed E-state index contributed by atoms with van der Waals surface area (Å²) in [5.41, 5.74) is 1.25. The second kappa shape index (κ2) is 6.26. The standard InChI is InChI=1S/C12H18BrNO/c1-9(8-15)7-14-10(2)11-5-3-4-6-12(11)13/h3-6,9-10,14-15H,7-8H2,1-2H3. The molecule has 2 N–H and O–H groups in total. The molecule has 3 heteroatoms. The van der Waals surface area contributed by atoms with E-state index >= 15 is 0 Å². The highest BCUT2D eigenvalue weighted by Gasteiger charge is 2.09. The van der Waals surface area contributed by atoms with Crippen molar-refractivity contribution in [1.82, 2.24) is 5.32 Å². The molecule has 0 amide bonds. The van der Waals surface area contributed by atoms with Crippen LogP contribution in [0.25, 0.3) is 0 Å². The lowest BCUT2D eigenvalue weighted by Crippen LogP contribution is -2.26. The van der Waals surface area contributed by atoms with Gasteiger partial charge in [-0.25, -0.2) is 0 Å². The van der Waals surface area contributed by atoms with Crippen LogP contribution >= 0.6 is 15.9 Å². The largest absolute Gasteiger partial charge is 0.396 e. The summed E-state index contributed by atoms with van der Waals surface area (Å²) in [5, 5.41) is 12.3. The molecule has 0 spiro atoms. The van der Waals surface area contributed by atoms with Gasteiger partial charge in [0.25, 0.3) is 0 Å². The first kappa shape index (κ1) is 12.7. The fraction of sp³-hybridized carbons (Fsp3) is 0.500. The van der Waals surface area contributed by atoms with Crippen LogP contribution in [-0.2, 0) is 0 Å². The molecule has 0 heterocycles. The first-order chi connectivity index (χ1) is 7.15.